The maximum Gasteiger partial charge on any atom is 0.248 e. The Bertz CT molecular complexity index is 1430. The quantitative estimate of drug-likeness (QED) is 0.303. The summed E-state index contributed by atoms with van der Waals surface area (Å²) in [6, 6.07) is 20.3. The molecular weight excluding hydrogens is 408 g/mol. The summed E-state index contributed by atoms with van der Waals surface area (Å²) >= 11 is 1.49. The van der Waals surface area contributed by atoms with Crippen molar-refractivity contribution in [2.75, 3.05) is 5.32 Å². The number of thiazole rings is 1. The zero-order valence-electron chi connectivity index (χ0n) is 16.2. The van der Waals surface area contributed by atoms with Gasteiger partial charge in [-0.3, -0.25) is 9.78 Å². The Kier molecular flexibility index (Phi) is 4.86. The predicted molar refractivity (Wildman–Crippen MR) is 124 cm³/mol. The summed E-state index contributed by atoms with van der Waals surface area (Å²) in [4.78, 5) is 25.8. The second kappa shape index (κ2) is 7.97. The maximum atomic E-state index is 12.4. The number of aromatic hydroxyl groups is 1. The molecule has 2 aromatic heterocycles. The largest absolute Gasteiger partial charge is 0.507 e. The van der Waals surface area contributed by atoms with E-state index in [2.05, 4.69) is 20.3 Å². The molecule has 0 unspecified atom stereocenters. The number of benzene rings is 3. The maximum absolute atomic E-state index is 12.4. The Morgan fingerprint density at radius 2 is 1.71 bits per heavy atom. The molecule has 31 heavy (non-hydrogen) atoms. The Morgan fingerprint density at radius 3 is 2.55 bits per heavy atom. The molecule has 5 rings (SSSR count). The van der Waals surface area contributed by atoms with Gasteiger partial charge in [0.2, 0.25) is 5.91 Å². The van der Waals surface area contributed by atoms with Gasteiger partial charge in [-0.2, -0.15) is 0 Å². The second-order valence-corrected chi connectivity index (χ2v) is 7.86. The van der Waals surface area contributed by atoms with Crippen LogP contribution in [0.2, 0.25) is 0 Å². The molecule has 0 saturated carbocycles. The summed E-state index contributed by atoms with van der Waals surface area (Å²) in [7, 11) is 0. The van der Waals surface area contributed by atoms with E-state index in [-0.39, 0.29) is 11.7 Å². The van der Waals surface area contributed by atoms with Gasteiger partial charge >= 0.3 is 0 Å². The highest BCUT2D eigenvalue weighted by Gasteiger charge is 2.12. The summed E-state index contributed by atoms with van der Waals surface area (Å²) in [5.41, 5.74) is 4.17. The standard InChI is InChI=1S/C24H16N4O2S/c29-21-11-9-15(13-17(21)24-28-20-7-3-4-8-22(20)31-24)27-23(30)12-10-16-14-25-18-5-1-2-6-19(18)26-16/h1-14,29H,(H,27,30)/b12-10+. The highest BCUT2D eigenvalue weighted by atomic mass is 32.1. The number of carbonyl (C=O) groups is 1. The van der Waals surface area contributed by atoms with Gasteiger partial charge in [-0.15, -0.1) is 11.3 Å². The van der Waals surface area contributed by atoms with Crippen molar-refractivity contribution in [3.63, 3.8) is 0 Å². The first kappa shape index (κ1) is 18.9. The van der Waals surface area contributed by atoms with Crippen molar-refractivity contribution in [1.29, 1.82) is 0 Å². The van der Waals surface area contributed by atoms with Crippen LogP contribution >= 0.6 is 11.3 Å². The number of anilines is 1. The molecule has 0 saturated heterocycles. The van der Waals surface area contributed by atoms with Gasteiger partial charge in [0.25, 0.3) is 0 Å². The number of nitrogens with one attached hydrogen (secondary N) is 1. The van der Waals surface area contributed by atoms with Crippen LogP contribution in [0, 0.1) is 0 Å². The number of phenolic OH excluding ortho intramolecular Hbond substituents is 1. The molecule has 2 N–H and O–H groups in total. The normalized spacial score (nSPS) is 11.4. The summed E-state index contributed by atoms with van der Waals surface area (Å²) in [6.45, 7) is 0. The van der Waals surface area contributed by atoms with Gasteiger partial charge in [-0.25, -0.2) is 9.97 Å². The number of rotatable bonds is 4. The van der Waals surface area contributed by atoms with E-state index in [1.54, 1.807) is 30.5 Å². The first-order valence-corrected chi connectivity index (χ1v) is 10.4. The van der Waals surface area contributed by atoms with Crippen LogP contribution in [0.3, 0.4) is 0 Å². The Labute approximate surface area is 181 Å². The third kappa shape index (κ3) is 3.99. The molecule has 0 bridgehead atoms. The van der Waals surface area contributed by atoms with Crippen LogP contribution in [0.15, 0.2) is 79.0 Å². The zero-order chi connectivity index (χ0) is 21.2. The molecule has 5 aromatic rings. The lowest BCUT2D eigenvalue weighted by atomic mass is 10.2. The molecule has 150 valence electrons. The van der Waals surface area contributed by atoms with Crippen molar-refractivity contribution in [2.24, 2.45) is 0 Å². The number of aromatic nitrogens is 3. The van der Waals surface area contributed by atoms with Gasteiger partial charge in [0, 0.05) is 11.8 Å². The van der Waals surface area contributed by atoms with Gasteiger partial charge in [0.15, 0.2) is 0 Å². The molecule has 0 radical (unpaired) electrons. The number of fused-ring (bicyclic) bond motifs is 2. The third-order valence-electron chi connectivity index (χ3n) is 4.66. The van der Waals surface area contributed by atoms with Crippen LogP contribution in [0.1, 0.15) is 5.69 Å². The van der Waals surface area contributed by atoms with Crippen LogP contribution in [0.5, 0.6) is 5.75 Å². The number of carbonyl (C=O) groups excluding carboxylic acids is 1. The highest BCUT2D eigenvalue weighted by molar-refractivity contribution is 7.21. The molecule has 0 aliphatic heterocycles. The van der Waals surface area contributed by atoms with E-state index >= 15 is 0 Å². The van der Waals surface area contributed by atoms with Crippen molar-refractivity contribution in [1.82, 2.24) is 15.0 Å². The molecular formula is C24H16N4O2S. The number of para-hydroxylation sites is 3. The number of amides is 1. The molecule has 0 fully saturated rings. The topological polar surface area (TPSA) is 88.0 Å². The third-order valence-corrected chi connectivity index (χ3v) is 5.73. The average molecular weight is 424 g/mol. The summed E-state index contributed by atoms with van der Waals surface area (Å²) in [6.07, 6.45) is 4.64. The van der Waals surface area contributed by atoms with Crippen LogP contribution < -0.4 is 5.32 Å². The fraction of sp³-hybridized carbons (Fsp3) is 0. The number of hydrogen-bond acceptors (Lipinski definition) is 6. The smallest absolute Gasteiger partial charge is 0.248 e. The molecule has 6 nitrogen and oxygen atoms in total. The monoisotopic (exact) mass is 424 g/mol. The lowest BCUT2D eigenvalue weighted by molar-refractivity contribution is -0.111. The molecule has 0 aliphatic rings. The van der Waals surface area contributed by atoms with E-state index in [1.807, 2.05) is 48.5 Å². The van der Waals surface area contributed by atoms with E-state index < -0.39 is 0 Å². The summed E-state index contributed by atoms with van der Waals surface area (Å²) < 4.78 is 1.03. The molecule has 0 spiro atoms. The number of hydrogen-bond donors (Lipinski definition) is 2. The highest BCUT2D eigenvalue weighted by Crippen LogP contribution is 2.36. The first-order chi connectivity index (χ1) is 15.2. The van der Waals surface area contributed by atoms with E-state index in [0.29, 0.717) is 22.0 Å². The Balaban J connectivity index is 1.36. The minimum absolute atomic E-state index is 0.110. The van der Waals surface area contributed by atoms with Gasteiger partial charge < -0.3 is 10.4 Å². The fourth-order valence-corrected chi connectivity index (χ4v) is 4.16. The van der Waals surface area contributed by atoms with Crippen LogP contribution in [-0.4, -0.2) is 26.0 Å². The van der Waals surface area contributed by atoms with Crippen molar-refractivity contribution < 1.29 is 9.90 Å². The molecule has 2 heterocycles. The molecule has 1 amide bonds. The van der Waals surface area contributed by atoms with Crippen LogP contribution in [-0.2, 0) is 4.79 Å². The Hall–Kier alpha value is -4.10. The van der Waals surface area contributed by atoms with E-state index in [4.69, 9.17) is 0 Å². The second-order valence-electron chi connectivity index (χ2n) is 6.82. The summed E-state index contributed by atoms with van der Waals surface area (Å²) in [5.74, 6) is -0.199. The molecule has 0 aliphatic carbocycles. The Morgan fingerprint density at radius 1 is 0.935 bits per heavy atom. The van der Waals surface area contributed by atoms with Gasteiger partial charge in [-0.1, -0.05) is 24.3 Å². The zero-order valence-corrected chi connectivity index (χ0v) is 17.0. The van der Waals surface area contributed by atoms with Crippen molar-refractivity contribution in [2.45, 2.75) is 0 Å². The van der Waals surface area contributed by atoms with Crippen molar-refractivity contribution in [3.05, 3.63) is 84.7 Å². The fourth-order valence-electron chi connectivity index (χ4n) is 3.17. The number of nitrogens with zero attached hydrogens (tertiary/aromatic N) is 3. The van der Waals surface area contributed by atoms with E-state index in [9.17, 15) is 9.90 Å². The summed E-state index contributed by atoms with van der Waals surface area (Å²) in [5, 5.41) is 13.8. The van der Waals surface area contributed by atoms with E-state index in [0.717, 1.165) is 21.3 Å². The van der Waals surface area contributed by atoms with Gasteiger partial charge in [0.05, 0.1) is 38.7 Å². The van der Waals surface area contributed by atoms with Crippen LogP contribution in [0.25, 0.3) is 37.9 Å². The lowest BCUT2D eigenvalue weighted by Gasteiger charge is -2.06. The van der Waals surface area contributed by atoms with Gasteiger partial charge in [-0.05, 0) is 48.5 Å². The molecule has 7 heteroatoms. The van der Waals surface area contributed by atoms with Gasteiger partial charge in [0.1, 0.15) is 10.8 Å². The van der Waals surface area contributed by atoms with Crippen LogP contribution in [0.4, 0.5) is 5.69 Å². The SMILES string of the molecule is O=C(/C=C/c1cnc2ccccc2n1)Nc1ccc(O)c(-c2nc3ccccc3s2)c1. The molecule has 0 atom stereocenters. The minimum Gasteiger partial charge on any atom is -0.507 e. The average Bonchev–Trinajstić information content (AvgIpc) is 3.23. The minimum atomic E-state index is -0.309. The predicted octanol–water partition coefficient (Wildman–Crippen LogP) is 5.26. The first-order valence-electron chi connectivity index (χ1n) is 9.55. The van der Waals surface area contributed by atoms with Crippen molar-refractivity contribution in [3.8, 4) is 16.3 Å². The van der Waals surface area contributed by atoms with E-state index in [1.165, 1.54) is 17.4 Å². The number of phenols is 1. The lowest BCUT2D eigenvalue weighted by Crippen LogP contribution is -2.07. The van der Waals surface area contributed by atoms with Crippen molar-refractivity contribution >= 4 is 50.3 Å². The molecule has 3 aromatic carbocycles.